The van der Waals surface area contributed by atoms with Crippen molar-refractivity contribution in [3.63, 3.8) is 0 Å². The van der Waals surface area contributed by atoms with E-state index < -0.39 is 6.04 Å². The highest BCUT2D eigenvalue weighted by Crippen LogP contribution is 2.55. The molecule has 1 aromatic rings. The van der Waals surface area contributed by atoms with E-state index in [-0.39, 0.29) is 23.3 Å². The van der Waals surface area contributed by atoms with Crippen LogP contribution in [0.4, 0.5) is 9.18 Å². The van der Waals surface area contributed by atoms with Gasteiger partial charge in [-0.3, -0.25) is 15.0 Å². The number of benzene rings is 1. The van der Waals surface area contributed by atoms with Gasteiger partial charge in [-0.2, -0.15) is 0 Å². The van der Waals surface area contributed by atoms with Crippen molar-refractivity contribution in [2.75, 3.05) is 0 Å². The Hall–Kier alpha value is -1.95. The molecule has 0 spiro atoms. The lowest BCUT2D eigenvalue weighted by atomic mass is 9.53. The molecule has 1 atom stereocenters. The quantitative estimate of drug-likeness (QED) is 0.742. The molecule has 0 heterocycles. The summed E-state index contributed by atoms with van der Waals surface area (Å²) in [5.41, 5.74) is 0.869. The van der Waals surface area contributed by atoms with Crippen LogP contribution in [0.1, 0.15) is 63.9 Å². The van der Waals surface area contributed by atoms with E-state index in [1.165, 1.54) is 31.4 Å². The van der Waals surface area contributed by atoms with Crippen LogP contribution in [0.5, 0.6) is 0 Å². The van der Waals surface area contributed by atoms with E-state index in [0.717, 1.165) is 55.4 Å². The second kappa shape index (κ2) is 7.63. The van der Waals surface area contributed by atoms with Crippen LogP contribution in [0.3, 0.4) is 0 Å². The molecule has 3 amide bonds. The fourth-order valence-corrected chi connectivity index (χ4v) is 6.69. The van der Waals surface area contributed by atoms with Gasteiger partial charge < -0.3 is 5.32 Å². The number of hydrogen-bond acceptors (Lipinski definition) is 3. The maximum absolute atomic E-state index is 13.2. The monoisotopic (exact) mass is 413 g/mol. The highest BCUT2D eigenvalue weighted by Gasteiger charge is 2.51. The smallest absolute Gasteiger partial charge is 0.321 e. The van der Waals surface area contributed by atoms with Gasteiger partial charge in [-0.25, -0.2) is 9.18 Å². The van der Waals surface area contributed by atoms with Crippen LogP contribution < -0.4 is 10.6 Å². The lowest BCUT2D eigenvalue weighted by molar-refractivity contribution is -0.125. The van der Waals surface area contributed by atoms with Crippen LogP contribution in [0.15, 0.2) is 24.3 Å². The first-order valence-corrected chi connectivity index (χ1v) is 11.5. The summed E-state index contributed by atoms with van der Waals surface area (Å²) in [5.74, 6) is 1.71. The van der Waals surface area contributed by atoms with Crippen molar-refractivity contribution in [1.82, 2.24) is 15.5 Å². The molecule has 0 saturated heterocycles. The Kier molecular flexibility index (Phi) is 5.08. The van der Waals surface area contributed by atoms with Gasteiger partial charge in [0, 0.05) is 18.1 Å². The third kappa shape index (κ3) is 4.11. The number of imide groups is 1. The van der Waals surface area contributed by atoms with E-state index in [4.69, 9.17) is 0 Å². The maximum atomic E-state index is 13.2. The van der Waals surface area contributed by atoms with Gasteiger partial charge in [0.1, 0.15) is 5.82 Å². The minimum Gasteiger partial charge on any atom is -0.332 e. The molecular weight excluding hydrogens is 381 g/mol. The third-order valence-electron chi connectivity index (χ3n) is 7.82. The lowest BCUT2D eigenvalue weighted by Crippen LogP contribution is -2.62. The number of nitrogens with zero attached hydrogens (tertiary/aromatic N) is 1. The summed E-state index contributed by atoms with van der Waals surface area (Å²) in [6.45, 7) is 2.44. The van der Waals surface area contributed by atoms with Crippen molar-refractivity contribution < 1.29 is 14.0 Å². The minimum absolute atomic E-state index is 0.105. The molecule has 5 saturated carbocycles. The van der Waals surface area contributed by atoms with E-state index in [2.05, 4.69) is 15.5 Å². The molecule has 5 nitrogen and oxygen atoms in total. The minimum atomic E-state index is -0.412. The number of rotatable bonds is 6. The van der Waals surface area contributed by atoms with Crippen LogP contribution in [0.2, 0.25) is 0 Å². The number of hydrogen-bond donors (Lipinski definition) is 2. The van der Waals surface area contributed by atoms with E-state index in [1.807, 2.05) is 6.92 Å². The first-order chi connectivity index (χ1) is 14.4. The van der Waals surface area contributed by atoms with Crippen LogP contribution in [0, 0.1) is 23.6 Å². The zero-order valence-corrected chi connectivity index (χ0v) is 17.7. The Morgan fingerprint density at radius 2 is 1.63 bits per heavy atom. The van der Waals surface area contributed by atoms with Gasteiger partial charge in [0.05, 0.1) is 6.04 Å². The van der Waals surface area contributed by atoms with Gasteiger partial charge in [0.15, 0.2) is 0 Å². The van der Waals surface area contributed by atoms with Crippen molar-refractivity contribution in [2.24, 2.45) is 17.8 Å². The van der Waals surface area contributed by atoms with Crippen LogP contribution in [-0.2, 0) is 11.3 Å². The molecule has 1 aromatic carbocycles. The number of carbonyl (C=O) groups is 2. The van der Waals surface area contributed by atoms with Gasteiger partial charge in [-0.05, 0) is 93.7 Å². The number of amides is 3. The van der Waals surface area contributed by atoms with E-state index in [0.29, 0.717) is 12.6 Å². The van der Waals surface area contributed by atoms with Crippen molar-refractivity contribution in [3.8, 4) is 0 Å². The molecule has 0 aliphatic heterocycles. The SMILES string of the molecule is C[C@@H](C(=O)NC(=O)NC12CC3CC(CC(C3)C1)C2)N(Cc1ccc(F)cc1)C1CC1. The Bertz CT molecular complexity index is 785. The van der Waals surface area contributed by atoms with Gasteiger partial charge in [0.2, 0.25) is 5.91 Å². The molecule has 30 heavy (non-hydrogen) atoms. The van der Waals surface area contributed by atoms with E-state index >= 15 is 0 Å². The van der Waals surface area contributed by atoms with Crippen LogP contribution >= 0.6 is 0 Å². The van der Waals surface area contributed by atoms with Crippen molar-refractivity contribution in [3.05, 3.63) is 35.6 Å². The highest BCUT2D eigenvalue weighted by molar-refractivity contribution is 5.97. The first kappa shape index (κ1) is 20.0. The Balaban J connectivity index is 1.19. The Morgan fingerprint density at radius 3 is 2.17 bits per heavy atom. The molecule has 6 rings (SSSR count). The van der Waals surface area contributed by atoms with Gasteiger partial charge in [-0.1, -0.05) is 12.1 Å². The molecule has 0 aromatic heterocycles. The van der Waals surface area contributed by atoms with Crippen LogP contribution in [0.25, 0.3) is 0 Å². The molecule has 0 unspecified atom stereocenters. The predicted octanol–water partition coefficient (Wildman–Crippen LogP) is 3.97. The number of nitrogens with one attached hydrogen (secondary N) is 2. The van der Waals surface area contributed by atoms with Crippen molar-refractivity contribution in [2.45, 2.75) is 82.5 Å². The molecule has 6 heteroatoms. The fraction of sp³-hybridized carbons (Fsp3) is 0.667. The first-order valence-electron chi connectivity index (χ1n) is 11.5. The molecule has 0 radical (unpaired) electrons. The van der Waals surface area contributed by atoms with Crippen molar-refractivity contribution >= 4 is 11.9 Å². The summed E-state index contributed by atoms with van der Waals surface area (Å²) in [5, 5.41) is 5.84. The fourth-order valence-electron chi connectivity index (χ4n) is 6.69. The average Bonchev–Trinajstić information content (AvgIpc) is 3.50. The summed E-state index contributed by atoms with van der Waals surface area (Å²) in [6.07, 6.45) is 9.25. The topological polar surface area (TPSA) is 61.4 Å². The standard InChI is InChI=1S/C24H32FN3O2/c1-15(28(21-6-7-21)14-16-2-4-20(25)5-3-16)22(29)26-23(30)27-24-11-17-8-18(12-24)10-19(9-17)13-24/h2-5,15,17-19,21H,6-14H2,1H3,(H2,26,27,29,30)/t15-,17?,18?,19?,24?/m0/s1. The normalized spacial score (nSPS) is 32.8. The second-order valence-corrected chi connectivity index (χ2v) is 10.3. The Morgan fingerprint density at radius 1 is 1.07 bits per heavy atom. The van der Waals surface area contributed by atoms with Gasteiger partial charge >= 0.3 is 6.03 Å². The van der Waals surface area contributed by atoms with Gasteiger partial charge in [0.25, 0.3) is 0 Å². The zero-order valence-electron chi connectivity index (χ0n) is 17.7. The van der Waals surface area contributed by atoms with Crippen LogP contribution in [-0.4, -0.2) is 34.5 Å². The Labute approximate surface area is 177 Å². The molecule has 2 N–H and O–H groups in total. The lowest BCUT2D eigenvalue weighted by Gasteiger charge is -2.56. The van der Waals surface area contributed by atoms with Gasteiger partial charge in [-0.15, -0.1) is 0 Å². The number of halogens is 1. The summed E-state index contributed by atoms with van der Waals surface area (Å²) >= 11 is 0. The summed E-state index contributed by atoms with van der Waals surface area (Å²) in [4.78, 5) is 27.8. The zero-order chi connectivity index (χ0) is 20.9. The molecule has 4 bridgehead atoms. The summed E-state index contributed by atoms with van der Waals surface area (Å²) < 4.78 is 13.2. The summed E-state index contributed by atoms with van der Waals surface area (Å²) in [7, 11) is 0. The second-order valence-electron chi connectivity index (χ2n) is 10.3. The molecule has 162 valence electrons. The van der Waals surface area contributed by atoms with E-state index in [1.54, 1.807) is 12.1 Å². The van der Waals surface area contributed by atoms with Crippen molar-refractivity contribution in [1.29, 1.82) is 0 Å². The molecule has 5 aliphatic carbocycles. The largest absolute Gasteiger partial charge is 0.332 e. The predicted molar refractivity (Wildman–Crippen MR) is 112 cm³/mol. The number of carbonyl (C=O) groups excluding carboxylic acids is 2. The average molecular weight is 414 g/mol. The molecular formula is C24H32FN3O2. The summed E-state index contributed by atoms with van der Waals surface area (Å²) in [6, 6.07) is 6.01. The third-order valence-corrected chi connectivity index (χ3v) is 7.82. The maximum Gasteiger partial charge on any atom is 0.321 e. The van der Waals surface area contributed by atoms with E-state index in [9.17, 15) is 14.0 Å². The molecule has 5 aliphatic rings. The number of urea groups is 1. The molecule has 5 fully saturated rings. The highest BCUT2D eigenvalue weighted by atomic mass is 19.1.